The number of anilines is 1. The number of para-hydroxylation sites is 1. The Morgan fingerprint density at radius 2 is 1.72 bits per heavy atom. The topological polar surface area (TPSA) is 115 Å². The van der Waals surface area contributed by atoms with Gasteiger partial charge in [0.1, 0.15) is 5.57 Å². The maximum atomic E-state index is 13.3. The fourth-order valence-corrected chi connectivity index (χ4v) is 4.23. The van der Waals surface area contributed by atoms with Gasteiger partial charge < -0.3 is 4.57 Å². The molecule has 1 aliphatic rings. The average Bonchev–Trinajstić information content (AvgIpc) is 3.20. The van der Waals surface area contributed by atoms with Gasteiger partial charge in [-0.1, -0.05) is 48.0 Å². The van der Waals surface area contributed by atoms with Crippen molar-refractivity contribution >= 4 is 46.2 Å². The van der Waals surface area contributed by atoms with Crippen molar-refractivity contribution in [2.75, 3.05) is 4.90 Å². The van der Waals surface area contributed by atoms with Crippen LogP contribution in [0.5, 0.6) is 0 Å². The molecule has 1 aromatic heterocycles. The van der Waals surface area contributed by atoms with E-state index in [4.69, 9.17) is 0 Å². The summed E-state index contributed by atoms with van der Waals surface area (Å²) >= 11 is 0. The molecule has 9 heteroatoms. The van der Waals surface area contributed by atoms with Gasteiger partial charge in [-0.3, -0.25) is 25.0 Å². The lowest BCUT2D eigenvalue weighted by atomic mass is 10.1. The summed E-state index contributed by atoms with van der Waals surface area (Å²) in [5.74, 6) is -1.49. The first-order chi connectivity index (χ1) is 17.3. The predicted octanol–water partition coefficient (Wildman–Crippen LogP) is 4.57. The molecule has 0 radical (unpaired) electrons. The van der Waals surface area contributed by atoms with E-state index in [9.17, 15) is 24.5 Å². The fourth-order valence-electron chi connectivity index (χ4n) is 4.23. The number of nitro groups is 1. The zero-order valence-electron chi connectivity index (χ0n) is 19.2. The number of hydrogen-bond acceptors (Lipinski definition) is 5. The molecule has 9 nitrogen and oxygen atoms in total. The van der Waals surface area contributed by atoms with Crippen molar-refractivity contribution < 1.29 is 19.3 Å². The first-order valence-corrected chi connectivity index (χ1v) is 11.1. The predicted molar refractivity (Wildman–Crippen MR) is 134 cm³/mol. The van der Waals surface area contributed by atoms with E-state index in [1.54, 1.807) is 42.6 Å². The number of hydrogen-bond donors (Lipinski definition) is 1. The van der Waals surface area contributed by atoms with Gasteiger partial charge in [0.15, 0.2) is 0 Å². The zero-order valence-corrected chi connectivity index (χ0v) is 19.2. The van der Waals surface area contributed by atoms with E-state index in [1.807, 2.05) is 35.8 Å². The lowest BCUT2D eigenvalue weighted by molar-refractivity contribution is -0.384. The minimum absolute atomic E-state index is 0.00311. The van der Waals surface area contributed by atoms with Gasteiger partial charge in [0.05, 0.1) is 10.6 Å². The Balaban J connectivity index is 1.55. The number of fused-ring (bicyclic) bond motifs is 1. The van der Waals surface area contributed by atoms with Gasteiger partial charge in [-0.25, -0.2) is 9.69 Å². The number of nitrogens with one attached hydrogen (secondary N) is 1. The average molecular weight is 480 g/mol. The second-order valence-corrected chi connectivity index (χ2v) is 8.45. The van der Waals surface area contributed by atoms with Gasteiger partial charge in [-0.05, 0) is 36.8 Å². The van der Waals surface area contributed by atoms with Crippen LogP contribution in [-0.2, 0) is 16.1 Å². The van der Waals surface area contributed by atoms with Crippen LogP contribution < -0.4 is 10.2 Å². The molecule has 1 aliphatic heterocycles. The number of amides is 4. The number of aryl methyl sites for hydroxylation is 1. The van der Waals surface area contributed by atoms with E-state index in [0.29, 0.717) is 17.8 Å². The molecule has 5 rings (SSSR count). The lowest BCUT2D eigenvalue weighted by Crippen LogP contribution is -2.54. The third-order valence-electron chi connectivity index (χ3n) is 5.99. The standard InChI is InChI=1S/C27H20N4O5/c1-17-9-11-20(12-10-17)30-26(33)23(25(32)28-27(30)34)14-19-16-29(24-8-3-2-7-22(19)24)15-18-5-4-6-21(13-18)31(35)36/h2-14,16H,15H2,1H3,(H,28,32,34)/b23-14+. The van der Waals surface area contributed by atoms with Crippen LogP contribution >= 0.6 is 0 Å². The summed E-state index contributed by atoms with van der Waals surface area (Å²) in [6, 6.07) is 19.8. The van der Waals surface area contributed by atoms with E-state index in [0.717, 1.165) is 26.9 Å². The molecule has 178 valence electrons. The first kappa shape index (κ1) is 22.7. The molecule has 0 saturated carbocycles. The van der Waals surface area contributed by atoms with Crippen LogP contribution in [0.2, 0.25) is 0 Å². The molecule has 3 aromatic carbocycles. The van der Waals surface area contributed by atoms with Crippen LogP contribution in [0.25, 0.3) is 17.0 Å². The highest BCUT2D eigenvalue weighted by Gasteiger charge is 2.37. The van der Waals surface area contributed by atoms with Crippen LogP contribution in [0.4, 0.5) is 16.2 Å². The van der Waals surface area contributed by atoms with Crippen molar-refractivity contribution in [1.29, 1.82) is 0 Å². The number of carbonyl (C=O) groups is 3. The smallest absolute Gasteiger partial charge is 0.335 e. The summed E-state index contributed by atoms with van der Waals surface area (Å²) in [5, 5.41) is 14.2. The molecule has 0 aliphatic carbocycles. The Labute approximate surface area is 205 Å². The quantitative estimate of drug-likeness (QED) is 0.194. The Hall–Kier alpha value is -5.05. The second kappa shape index (κ2) is 8.95. The van der Waals surface area contributed by atoms with Crippen LogP contribution in [0.15, 0.2) is 84.6 Å². The number of non-ortho nitro benzene ring substituents is 1. The third-order valence-corrected chi connectivity index (χ3v) is 5.99. The van der Waals surface area contributed by atoms with Crippen LogP contribution in [0.3, 0.4) is 0 Å². The Kier molecular flexibility index (Phi) is 5.65. The number of rotatable bonds is 5. The van der Waals surface area contributed by atoms with Crippen molar-refractivity contribution in [1.82, 2.24) is 9.88 Å². The van der Waals surface area contributed by atoms with E-state index in [1.165, 1.54) is 18.2 Å². The highest BCUT2D eigenvalue weighted by molar-refractivity contribution is 6.39. The number of barbiturate groups is 1. The number of imide groups is 2. The Morgan fingerprint density at radius 3 is 2.47 bits per heavy atom. The Morgan fingerprint density at radius 1 is 0.972 bits per heavy atom. The summed E-state index contributed by atoms with van der Waals surface area (Å²) in [6.45, 7) is 2.24. The number of benzene rings is 3. The summed E-state index contributed by atoms with van der Waals surface area (Å²) in [5.41, 5.74) is 3.30. The van der Waals surface area contributed by atoms with Gasteiger partial charge in [0, 0.05) is 41.3 Å². The zero-order chi connectivity index (χ0) is 25.4. The molecule has 0 atom stereocenters. The van der Waals surface area contributed by atoms with Crippen LogP contribution in [0, 0.1) is 17.0 Å². The maximum absolute atomic E-state index is 13.3. The summed E-state index contributed by atoms with van der Waals surface area (Å²) < 4.78 is 1.90. The van der Waals surface area contributed by atoms with Gasteiger partial charge in [0.25, 0.3) is 17.5 Å². The molecule has 0 unspecified atom stereocenters. The largest absolute Gasteiger partial charge is 0.342 e. The monoisotopic (exact) mass is 480 g/mol. The van der Waals surface area contributed by atoms with Crippen molar-refractivity contribution in [3.8, 4) is 0 Å². The molecule has 0 bridgehead atoms. The molecule has 4 amide bonds. The van der Waals surface area contributed by atoms with E-state index in [2.05, 4.69) is 5.32 Å². The summed E-state index contributed by atoms with van der Waals surface area (Å²) in [4.78, 5) is 50.1. The van der Waals surface area contributed by atoms with Crippen LogP contribution in [-0.4, -0.2) is 27.3 Å². The molecular weight excluding hydrogens is 460 g/mol. The lowest BCUT2D eigenvalue weighted by Gasteiger charge is -2.26. The Bertz CT molecular complexity index is 1580. The highest BCUT2D eigenvalue weighted by Crippen LogP contribution is 2.28. The van der Waals surface area contributed by atoms with Crippen molar-refractivity contribution in [2.24, 2.45) is 0 Å². The molecule has 1 N–H and O–H groups in total. The number of nitrogens with zero attached hydrogens (tertiary/aromatic N) is 3. The molecule has 1 saturated heterocycles. The maximum Gasteiger partial charge on any atom is 0.335 e. The number of carbonyl (C=O) groups excluding carboxylic acids is 3. The minimum Gasteiger partial charge on any atom is -0.342 e. The van der Waals surface area contributed by atoms with E-state index < -0.39 is 22.8 Å². The van der Waals surface area contributed by atoms with Crippen LogP contribution in [0.1, 0.15) is 16.7 Å². The summed E-state index contributed by atoms with van der Waals surface area (Å²) in [7, 11) is 0. The molecule has 0 spiro atoms. The number of urea groups is 1. The van der Waals surface area contributed by atoms with E-state index in [-0.39, 0.29) is 11.3 Å². The molecular formula is C27H20N4O5. The van der Waals surface area contributed by atoms with Gasteiger partial charge >= 0.3 is 6.03 Å². The molecule has 1 fully saturated rings. The minimum atomic E-state index is -0.806. The SMILES string of the molecule is Cc1ccc(N2C(=O)NC(=O)/C(=C\c3cn(Cc4cccc([N+](=O)[O-])c4)c4ccccc34)C2=O)cc1. The van der Waals surface area contributed by atoms with Gasteiger partial charge in [0.2, 0.25) is 0 Å². The molecule has 4 aromatic rings. The normalized spacial score (nSPS) is 15.0. The van der Waals surface area contributed by atoms with Gasteiger partial charge in [-0.15, -0.1) is 0 Å². The third kappa shape index (κ3) is 4.14. The molecule has 36 heavy (non-hydrogen) atoms. The van der Waals surface area contributed by atoms with Crippen molar-refractivity contribution in [2.45, 2.75) is 13.5 Å². The molecule has 2 heterocycles. The number of nitro benzene ring substituents is 1. The van der Waals surface area contributed by atoms with E-state index >= 15 is 0 Å². The first-order valence-electron chi connectivity index (χ1n) is 11.1. The second-order valence-electron chi connectivity index (χ2n) is 8.45. The summed E-state index contributed by atoms with van der Waals surface area (Å²) in [6.07, 6.45) is 3.25. The van der Waals surface area contributed by atoms with Crippen molar-refractivity contribution in [3.63, 3.8) is 0 Å². The fraction of sp³-hybridized carbons (Fsp3) is 0.0741. The number of aromatic nitrogens is 1. The van der Waals surface area contributed by atoms with Crippen molar-refractivity contribution in [3.05, 3.63) is 111 Å². The van der Waals surface area contributed by atoms with Gasteiger partial charge in [-0.2, -0.15) is 0 Å². The highest BCUT2D eigenvalue weighted by atomic mass is 16.6.